The van der Waals surface area contributed by atoms with Gasteiger partial charge in [-0.15, -0.1) is 24.8 Å². The molecule has 1 saturated carbocycles. The Morgan fingerprint density at radius 3 is 2.80 bits per heavy atom. The molecule has 0 radical (unpaired) electrons. The van der Waals surface area contributed by atoms with Gasteiger partial charge in [0.25, 0.3) is 0 Å². The highest BCUT2D eigenvalue weighted by molar-refractivity contribution is 5.85. The van der Waals surface area contributed by atoms with Gasteiger partial charge in [0.2, 0.25) is 5.91 Å². The molecule has 1 fully saturated rings. The second-order valence-corrected chi connectivity index (χ2v) is 5.14. The van der Waals surface area contributed by atoms with Gasteiger partial charge in [-0.1, -0.05) is 12.5 Å². The lowest BCUT2D eigenvalue weighted by molar-refractivity contribution is -0.126. The third kappa shape index (κ3) is 5.27. The highest BCUT2D eigenvalue weighted by Crippen LogP contribution is 2.24. The van der Waals surface area contributed by atoms with Gasteiger partial charge in [-0.25, -0.2) is 0 Å². The van der Waals surface area contributed by atoms with E-state index in [1.807, 2.05) is 19.1 Å². The van der Waals surface area contributed by atoms with Crippen LogP contribution in [0.15, 0.2) is 24.5 Å². The molecule has 2 rings (SSSR count). The van der Waals surface area contributed by atoms with Gasteiger partial charge in [-0.05, 0) is 37.8 Å². The molecule has 1 heterocycles. The number of carbonyl (C=O) groups is 1. The predicted molar refractivity (Wildman–Crippen MR) is 85.2 cm³/mol. The van der Waals surface area contributed by atoms with Crippen LogP contribution < -0.4 is 11.1 Å². The normalized spacial score (nSPS) is 22.9. The molecule has 1 aromatic rings. The average Bonchev–Trinajstić information content (AvgIpc) is 2.39. The van der Waals surface area contributed by atoms with Gasteiger partial charge in [0.05, 0.1) is 6.04 Å². The molecular formula is C14H23Cl2N3O. The summed E-state index contributed by atoms with van der Waals surface area (Å²) in [6.45, 7) is 1.98. The second-order valence-electron chi connectivity index (χ2n) is 5.14. The second kappa shape index (κ2) is 9.16. The Labute approximate surface area is 132 Å². The summed E-state index contributed by atoms with van der Waals surface area (Å²) in [4.78, 5) is 16.2. The molecule has 1 aliphatic carbocycles. The van der Waals surface area contributed by atoms with Crippen LogP contribution in [0.2, 0.25) is 0 Å². The number of aromatic nitrogens is 1. The molecule has 0 bridgehead atoms. The van der Waals surface area contributed by atoms with E-state index in [0.29, 0.717) is 0 Å². The smallest absolute Gasteiger partial charge is 0.223 e. The number of nitrogens with zero attached hydrogens (tertiary/aromatic N) is 1. The van der Waals surface area contributed by atoms with Gasteiger partial charge in [-0.2, -0.15) is 0 Å². The first kappa shape index (κ1) is 19.2. The standard InChI is InChI=1S/C14H21N3O.2ClH/c1-10(12-5-3-7-16-9-12)17-14(18)11-4-2-6-13(15)8-11;;/h3,5,7,9-11,13H,2,4,6,8,15H2,1H3,(H,17,18);2*1H/t10-,11?,13?;;/m0../s1. The molecule has 0 spiro atoms. The van der Waals surface area contributed by atoms with Crippen LogP contribution in [0.5, 0.6) is 0 Å². The van der Waals surface area contributed by atoms with Gasteiger partial charge in [-0.3, -0.25) is 9.78 Å². The minimum Gasteiger partial charge on any atom is -0.349 e. The molecular weight excluding hydrogens is 297 g/mol. The molecule has 2 unspecified atom stereocenters. The van der Waals surface area contributed by atoms with Crippen molar-refractivity contribution in [1.29, 1.82) is 0 Å². The fraction of sp³-hybridized carbons (Fsp3) is 0.571. The Morgan fingerprint density at radius 1 is 1.45 bits per heavy atom. The van der Waals surface area contributed by atoms with Crippen LogP contribution in [-0.4, -0.2) is 16.9 Å². The minimum atomic E-state index is 0. The van der Waals surface area contributed by atoms with Crippen LogP contribution in [0.25, 0.3) is 0 Å². The van der Waals surface area contributed by atoms with E-state index >= 15 is 0 Å². The zero-order valence-corrected chi connectivity index (χ0v) is 13.3. The quantitative estimate of drug-likeness (QED) is 0.899. The maximum Gasteiger partial charge on any atom is 0.223 e. The summed E-state index contributed by atoms with van der Waals surface area (Å²) < 4.78 is 0. The van der Waals surface area contributed by atoms with Gasteiger partial charge >= 0.3 is 0 Å². The van der Waals surface area contributed by atoms with E-state index < -0.39 is 0 Å². The largest absolute Gasteiger partial charge is 0.349 e. The zero-order valence-electron chi connectivity index (χ0n) is 11.6. The van der Waals surface area contributed by atoms with E-state index in [1.165, 1.54) is 0 Å². The molecule has 3 N–H and O–H groups in total. The zero-order chi connectivity index (χ0) is 13.0. The van der Waals surface area contributed by atoms with E-state index in [0.717, 1.165) is 31.2 Å². The fourth-order valence-electron chi connectivity index (χ4n) is 2.51. The van der Waals surface area contributed by atoms with Crippen molar-refractivity contribution in [3.05, 3.63) is 30.1 Å². The summed E-state index contributed by atoms with van der Waals surface area (Å²) in [6, 6.07) is 4.05. The van der Waals surface area contributed by atoms with Crippen molar-refractivity contribution in [3.63, 3.8) is 0 Å². The molecule has 114 valence electrons. The molecule has 1 aromatic heterocycles. The number of pyridine rings is 1. The van der Waals surface area contributed by atoms with Crippen molar-refractivity contribution in [2.45, 2.75) is 44.7 Å². The number of nitrogens with two attached hydrogens (primary N) is 1. The summed E-state index contributed by atoms with van der Waals surface area (Å²) in [6.07, 6.45) is 7.39. The molecule has 3 atom stereocenters. The third-order valence-corrected chi connectivity index (χ3v) is 3.63. The van der Waals surface area contributed by atoms with E-state index in [-0.39, 0.29) is 48.7 Å². The van der Waals surface area contributed by atoms with E-state index in [4.69, 9.17) is 5.73 Å². The first-order valence-corrected chi connectivity index (χ1v) is 6.62. The number of halogens is 2. The van der Waals surface area contributed by atoms with Gasteiger partial charge in [0.1, 0.15) is 0 Å². The Balaban J connectivity index is 0.00000180. The van der Waals surface area contributed by atoms with Crippen molar-refractivity contribution in [1.82, 2.24) is 10.3 Å². The number of carbonyl (C=O) groups excluding carboxylic acids is 1. The Morgan fingerprint density at radius 2 is 2.20 bits per heavy atom. The summed E-state index contributed by atoms with van der Waals surface area (Å²) in [5.74, 6) is 0.203. The SMILES string of the molecule is C[C@H](NC(=O)C1CCCC(N)C1)c1cccnc1.Cl.Cl. The Hall–Kier alpha value is -0.840. The Bertz CT molecular complexity index is 403. The summed E-state index contributed by atoms with van der Waals surface area (Å²) in [5.41, 5.74) is 6.95. The minimum absolute atomic E-state index is 0. The van der Waals surface area contributed by atoms with Crippen LogP contribution in [0.3, 0.4) is 0 Å². The van der Waals surface area contributed by atoms with E-state index in [1.54, 1.807) is 12.4 Å². The lowest BCUT2D eigenvalue weighted by Gasteiger charge is -2.27. The van der Waals surface area contributed by atoms with E-state index in [9.17, 15) is 4.79 Å². The highest BCUT2D eigenvalue weighted by Gasteiger charge is 2.26. The molecule has 1 aliphatic rings. The number of nitrogens with one attached hydrogen (secondary N) is 1. The number of hydrogen-bond acceptors (Lipinski definition) is 3. The van der Waals surface area contributed by atoms with Crippen molar-refractivity contribution in [3.8, 4) is 0 Å². The molecule has 1 amide bonds. The van der Waals surface area contributed by atoms with Crippen LogP contribution in [-0.2, 0) is 4.79 Å². The average molecular weight is 320 g/mol. The highest BCUT2D eigenvalue weighted by atomic mass is 35.5. The van der Waals surface area contributed by atoms with E-state index in [2.05, 4.69) is 10.3 Å². The topological polar surface area (TPSA) is 68.0 Å². The van der Waals surface area contributed by atoms with Crippen LogP contribution >= 0.6 is 24.8 Å². The maximum atomic E-state index is 12.1. The van der Waals surface area contributed by atoms with Crippen molar-refractivity contribution >= 4 is 30.7 Å². The molecule has 4 nitrogen and oxygen atoms in total. The lowest BCUT2D eigenvalue weighted by atomic mass is 9.85. The molecule has 0 saturated heterocycles. The molecule has 0 aromatic carbocycles. The van der Waals surface area contributed by atoms with Crippen molar-refractivity contribution in [2.75, 3.05) is 0 Å². The van der Waals surface area contributed by atoms with Crippen molar-refractivity contribution < 1.29 is 4.79 Å². The predicted octanol–water partition coefficient (Wildman–Crippen LogP) is 2.62. The number of hydrogen-bond donors (Lipinski definition) is 2. The summed E-state index contributed by atoms with van der Waals surface area (Å²) >= 11 is 0. The van der Waals surface area contributed by atoms with Crippen molar-refractivity contribution in [2.24, 2.45) is 11.7 Å². The number of rotatable bonds is 3. The number of amides is 1. The Kier molecular flexibility index (Phi) is 8.78. The maximum absolute atomic E-state index is 12.1. The monoisotopic (exact) mass is 319 g/mol. The van der Waals surface area contributed by atoms with Crippen LogP contribution in [0, 0.1) is 5.92 Å². The summed E-state index contributed by atoms with van der Waals surface area (Å²) in [7, 11) is 0. The van der Waals surface area contributed by atoms with Gasteiger partial charge in [0.15, 0.2) is 0 Å². The third-order valence-electron chi connectivity index (χ3n) is 3.63. The molecule has 0 aliphatic heterocycles. The first-order chi connectivity index (χ1) is 8.66. The van der Waals surface area contributed by atoms with Crippen LogP contribution in [0.1, 0.15) is 44.2 Å². The lowest BCUT2D eigenvalue weighted by Crippen LogP contribution is -2.38. The molecule has 6 heteroatoms. The van der Waals surface area contributed by atoms with Gasteiger partial charge in [0, 0.05) is 24.4 Å². The first-order valence-electron chi connectivity index (χ1n) is 6.62. The van der Waals surface area contributed by atoms with Gasteiger partial charge < -0.3 is 11.1 Å². The molecule has 20 heavy (non-hydrogen) atoms. The summed E-state index contributed by atoms with van der Waals surface area (Å²) in [5, 5.41) is 3.05. The fourth-order valence-corrected chi connectivity index (χ4v) is 2.51. The van der Waals surface area contributed by atoms with Crippen LogP contribution in [0.4, 0.5) is 0 Å².